The van der Waals surface area contributed by atoms with E-state index in [0.29, 0.717) is 5.69 Å². The molecule has 0 fully saturated rings. The molecule has 3 aromatic rings. The Hall–Kier alpha value is -2.52. The lowest BCUT2D eigenvalue weighted by Crippen LogP contribution is -2.40. The number of fused-ring (bicyclic) bond motifs is 1. The van der Waals surface area contributed by atoms with Gasteiger partial charge in [-0.2, -0.15) is 0 Å². The molecule has 2 heterocycles. The maximum absolute atomic E-state index is 12.7. The van der Waals surface area contributed by atoms with Crippen molar-refractivity contribution in [3.63, 3.8) is 0 Å². The first-order valence-electron chi connectivity index (χ1n) is 9.20. The Balaban J connectivity index is 1.54. The average Bonchev–Trinajstić information content (AvgIpc) is 3.16. The highest BCUT2D eigenvalue weighted by Crippen LogP contribution is 2.37. The Kier molecular flexibility index (Phi) is 5.51. The molecule has 6 nitrogen and oxygen atoms in total. The summed E-state index contributed by atoms with van der Waals surface area (Å²) in [6, 6.07) is 18.3. The lowest BCUT2D eigenvalue weighted by atomic mass is 9.93. The number of nitrogens with zero attached hydrogens (tertiary/aromatic N) is 1. The van der Waals surface area contributed by atoms with Crippen LogP contribution in [0.25, 0.3) is 0 Å². The third kappa shape index (κ3) is 4.40. The number of benzene rings is 2. The minimum Gasteiger partial charge on any atom is -0.325 e. The fraction of sp³-hybridized carbons (Fsp3) is 0.190. The van der Waals surface area contributed by atoms with E-state index in [1.54, 1.807) is 23.5 Å². The molecular formula is C21H21N3O3S2. The van der Waals surface area contributed by atoms with Crippen LogP contribution in [0.5, 0.6) is 0 Å². The molecule has 0 saturated carbocycles. The number of thiophene rings is 1. The highest BCUT2D eigenvalue weighted by molar-refractivity contribution is 7.89. The Morgan fingerprint density at radius 3 is 2.69 bits per heavy atom. The van der Waals surface area contributed by atoms with E-state index in [2.05, 4.69) is 33.8 Å². The summed E-state index contributed by atoms with van der Waals surface area (Å²) < 4.78 is 23.1. The van der Waals surface area contributed by atoms with Crippen LogP contribution in [-0.4, -0.2) is 32.3 Å². The van der Waals surface area contributed by atoms with Gasteiger partial charge in [0.25, 0.3) is 0 Å². The maximum Gasteiger partial charge on any atom is 0.238 e. The van der Waals surface area contributed by atoms with Gasteiger partial charge >= 0.3 is 0 Å². The molecule has 1 aliphatic heterocycles. The highest BCUT2D eigenvalue weighted by Gasteiger charge is 2.30. The molecule has 1 aromatic heterocycles. The minimum absolute atomic E-state index is 0.0210. The van der Waals surface area contributed by atoms with Crippen LogP contribution < -0.4 is 10.5 Å². The monoisotopic (exact) mass is 427 g/mol. The second-order valence-corrected chi connectivity index (χ2v) is 9.52. The zero-order valence-corrected chi connectivity index (χ0v) is 17.2. The molecule has 0 radical (unpaired) electrons. The molecular weight excluding hydrogens is 406 g/mol. The van der Waals surface area contributed by atoms with Crippen LogP contribution in [0.15, 0.2) is 70.9 Å². The van der Waals surface area contributed by atoms with E-state index in [9.17, 15) is 13.2 Å². The van der Waals surface area contributed by atoms with E-state index in [-0.39, 0.29) is 23.4 Å². The fourth-order valence-corrected chi connectivity index (χ4v) is 5.16. The van der Waals surface area contributed by atoms with Crippen molar-refractivity contribution in [2.24, 2.45) is 5.14 Å². The molecule has 3 N–H and O–H groups in total. The van der Waals surface area contributed by atoms with Gasteiger partial charge in [-0.1, -0.05) is 36.4 Å². The predicted molar refractivity (Wildman–Crippen MR) is 114 cm³/mol. The molecule has 29 heavy (non-hydrogen) atoms. The molecule has 0 aliphatic carbocycles. The zero-order chi connectivity index (χ0) is 20.4. The van der Waals surface area contributed by atoms with Crippen molar-refractivity contribution in [1.29, 1.82) is 0 Å². The van der Waals surface area contributed by atoms with Gasteiger partial charge in [-0.25, -0.2) is 13.6 Å². The topological polar surface area (TPSA) is 92.5 Å². The molecule has 4 rings (SSSR count). The Labute approximate surface area is 174 Å². The number of primary sulfonamides is 1. The third-order valence-electron chi connectivity index (χ3n) is 4.97. The van der Waals surface area contributed by atoms with E-state index in [0.717, 1.165) is 18.5 Å². The molecule has 0 bridgehead atoms. The van der Waals surface area contributed by atoms with Crippen LogP contribution in [0, 0.1) is 0 Å². The Morgan fingerprint density at radius 1 is 1.14 bits per heavy atom. The summed E-state index contributed by atoms with van der Waals surface area (Å²) in [5.74, 6) is -0.198. The van der Waals surface area contributed by atoms with E-state index >= 15 is 0 Å². The number of sulfonamides is 1. The summed E-state index contributed by atoms with van der Waals surface area (Å²) in [5, 5.41) is 10.1. The fourth-order valence-electron chi connectivity index (χ4n) is 3.70. The van der Waals surface area contributed by atoms with Gasteiger partial charge < -0.3 is 5.32 Å². The molecule has 0 spiro atoms. The number of hydrogen-bond acceptors (Lipinski definition) is 5. The van der Waals surface area contributed by atoms with Gasteiger partial charge in [0, 0.05) is 17.1 Å². The largest absolute Gasteiger partial charge is 0.325 e. The molecule has 2 aromatic carbocycles. The van der Waals surface area contributed by atoms with Gasteiger partial charge in [-0.3, -0.25) is 9.69 Å². The van der Waals surface area contributed by atoms with Crippen LogP contribution in [0.3, 0.4) is 0 Å². The molecule has 0 unspecified atom stereocenters. The van der Waals surface area contributed by atoms with Gasteiger partial charge in [-0.05, 0) is 47.2 Å². The summed E-state index contributed by atoms with van der Waals surface area (Å²) in [5.41, 5.74) is 2.80. The third-order valence-corrected chi connectivity index (χ3v) is 6.88. The smallest absolute Gasteiger partial charge is 0.238 e. The van der Waals surface area contributed by atoms with Crippen molar-refractivity contribution in [3.05, 3.63) is 82.0 Å². The molecule has 8 heteroatoms. The van der Waals surface area contributed by atoms with Gasteiger partial charge in [0.1, 0.15) is 0 Å². The quantitative estimate of drug-likeness (QED) is 0.655. The number of amides is 1. The lowest BCUT2D eigenvalue weighted by molar-refractivity contribution is -0.117. The summed E-state index contributed by atoms with van der Waals surface area (Å²) in [7, 11) is -3.82. The number of hydrogen-bond donors (Lipinski definition) is 2. The van der Waals surface area contributed by atoms with Crippen LogP contribution in [0.1, 0.15) is 22.0 Å². The van der Waals surface area contributed by atoms with E-state index in [1.165, 1.54) is 22.6 Å². The van der Waals surface area contributed by atoms with Gasteiger partial charge in [0.15, 0.2) is 0 Å². The molecule has 150 valence electrons. The zero-order valence-electron chi connectivity index (χ0n) is 15.6. The lowest BCUT2D eigenvalue weighted by Gasteiger charge is -2.35. The normalized spacial score (nSPS) is 16.9. The van der Waals surface area contributed by atoms with Crippen LogP contribution in [0.4, 0.5) is 5.69 Å². The van der Waals surface area contributed by atoms with Crippen LogP contribution >= 0.6 is 11.3 Å². The maximum atomic E-state index is 12.7. The Morgan fingerprint density at radius 2 is 1.93 bits per heavy atom. The average molecular weight is 428 g/mol. The van der Waals surface area contributed by atoms with Crippen LogP contribution in [0.2, 0.25) is 0 Å². The molecule has 1 amide bonds. The first kappa shape index (κ1) is 19.8. The van der Waals surface area contributed by atoms with E-state index in [4.69, 9.17) is 5.14 Å². The van der Waals surface area contributed by atoms with Crippen molar-refractivity contribution in [1.82, 2.24) is 4.90 Å². The molecule has 0 saturated heterocycles. The van der Waals surface area contributed by atoms with Gasteiger partial charge in [0.2, 0.25) is 15.9 Å². The van der Waals surface area contributed by atoms with E-state index < -0.39 is 10.0 Å². The number of anilines is 1. The predicted octanol–water partition coefficient (Wildman–Crippen LogP) is 2.98. The van der Waals surface area contributed by atoms with Crippen molar-refractivity contribution < 1.29 is 13.2 Å². The van der Waals surface area contributed by atoms with Gasteiger partial charge in [0.05, 0.1) is 17.5 Å². The summed E-state index contributed by atoms with van der Waals surface area (Å²) in [6.07, 6.45) is 0.907. The number of nitrogens with one attached hydrogen (secondary N) is 1. The van der Waals surface area contributed by atoms with Crippen molar-refractivity contribution in [2.45, 2.75) is 17.4 Å². The van der Waals surface area contributed by atoms with Crippen molar-refractivity contribution in [2.75, 3.05) is 18.4 Å². The number of carbonyl (C=O) groups is 1. The second-order valence-electron chi connectivity index (χ2n) is 6.95. The first-order valence-corrected chi connectivity index (χ1v) is 11.6. The van der Waals surface area contributed by atoms with Crippen LogP contribution in [-0.2, 0) is 21.2 Å². The number of nitrogens with two attached hydrogens (primary N) is 1. The van der Waals surface area contributed by atoms with E-state index in [1.807, 2.05) is 18.2 Å². The number of carbonyl (C=O) groups excluding carboxylic acids is 1. The number of rotatable bonds is 5. The molecule has 1 atom stereocenters. The summed E-state index contributed by atoms with van der Waals surface area (Å²) in [6.45, 7) is 0.978. The highest BCUT2D eigenvalue weighted by atomic mass is 32.2. The standard InChI is InChI=1S/C21H21N3O3S2/c22-29(26,27)17-8-4-7-16(13-17)23-20(25)14-24-11-9-19-18(10-12-28-19)21(24)15-5-2-1-3-6-15/h1-8,10,12-13,21H,9,11,14H2,(H,23,25)(H2,22,26,27)/t21-/m1/s1. The SMILES string of the molecule is NS(=O)(=O)c1cccc(NC(=O)CN2CCc3sccc3[C@H]2c2ccccc2)c1. The van der Waals surface area contributed by atoms with Gasteiger partial charge in [-0.15, -0.1) is 11.3 Å². The summed E-state index contributed by atoms with van der Waals surface area (Å²) >= 11 is 1.76. The minimum atomic E-state index is -3.82. The van der Waals surface area contributed by atoms with Crippen molar-refractivity contribution >= 4 is 33.0 Å². The second kappa shape index (κ2) is 8.08. The summed E-state index contributed by atoms with van der Waals surface area (Å²) in [4.78, 5) is 16.2. The first-order chi connectivity index (χ1) is 13.9. The Bertz CT molecular complexity index is 1130. The molecule has 1 aliphatic rings. The van der Waals surface area contributed by atoms with Crippen molar-refractivity contribution in [3.8, 4) is 0 Å².